The highest BCUT2D eigenvalue weighted by molar-refractivity contribution is 6.02. The first-order valence-corrected chi connectivity index (χ1v) is 5.03. The molecule has 2 rings (SSSR count). The van der Waals surface area contributed by atoms with Crippen molar-refractivity contribution < 1.29 is 14.3 Å². The van der Waals surface area contributed by atoms with E-state index in [1.165, 1.54) is 7.05 Å². The Morgan fingerprint density at radius 2 is 2.18 bits per heavy atom. The first-order valence-electron chi connectivity index (χ1n) is 5.03. The van der Waals surface area contributed by atoms with E-state index in [2.05, 4.69) is 15.5 Å². The summed E-state index contributed by atoms with van der Waals surface area (Å²) in [7, 11) is 1.47. The molecule has 1 aromatic heterocycles. The zero-order chi connectivity index (χ0) is 12.3. The number of esters is 1. The molecule has 0 atom stereocenters. The molecule has 0 aliphatic carbocycles. The molecule has 88 valence electrons. The Kier molecular flexibility index (Phi) is 3.04. The number of para-hydroxylation sites is 1. The van der Waals surface area contributed by atoms with E-state index in [1.54, 1.807) is 18.2 Å². The van der Waals surface area contributed by atoms with Crippen LogP contribution in [0.1, 0.15) is 10.5 Å². The first kappa shape index (κ1) is 11.1. The van der Waals surface area contributed by atoms with Crippen molar-refractivity contribution in [2.75, 3.05) is 13.7 Å². The third-order valence-corrected chi connectivity index (χ3v) is 2.28. The Morgan fingerprint density at radius 3 is 2.94 bits per heavy atom. The van der Waals surface area contributed by atoms with Crippen LogP contribution in [0.15, 0.2) is 24.3 Å². The maximum absolute atomic E-state index is 11.7. The predicted molar refractivity (Wildman–Crippen MR) is 60.4 cm³/mol. The number of amides is 1. The summed E-state index contributed by atoms with van der Waals surface area (Å²) in [5, 5.41) is 9.62. The van der Waals surface area contributed by atoms with Gasteiger partial charge >= 0.3 is 5.97 Å². The summed E-state index contributed by atoms with van der Waals surface area (Å²) in [5.41, 5.74) is 0.934. The van der Waals surface area contributed by atoms with Gasteiger partial charge in [-0.15, -0.1) is 0 Å². The Bertz CT molecular complexity index is 562. The quantitative estimate of drug-likeness (QED) is 0.754. The molecule has 2 N–H and O–H groups in total. The molecular weight excluding hydrogens is 222 g/mol. The molecule has 1 amide bonds. The van der Waals surface area contributed by atoms with E-state index in [4.69, 9.17) is 4.74 Å². The molecule has 6 heteroatoms. The zero-order valence-corrected chi connectivity index (χ0v) is 9.19. The van der Waals surface area contributed by atoms with Gasteiger partial charge in [0.05, 0.1) is 5.52 Å². The molecule has 17 heavy (non-hydrogen) atoms. The number of carbonyl (C=O) groups excluding carboxylic acids is 2. The van der Waals surface area contributed by atoms with Gasteiger partial charge in [0.1, 0.15) is 0 Å². The summed E-state index contributed by atoms with van der Waals surface area (Å²) in [6.45, 7) is -0.309. The van der Waals surface area contributed by atoms with E-state index in [9.17, 15) is 9.59 Å². The molecule has 0 aliphatic rings. The van der Waals surface area contributed by atoms with Gasteiger partial charge in [-0.25, -0.2) is 4.79 Å². The maximum atomic E-state index is 11.7. The highest BCUT2D eigenvalue weighted by Gasteiger charge is 2.15. The number of hydrogen-bond acceptors (Lipinski definition) is 4. The van der Waals surface area contributed by atoms with Crippen molar-refractivity contribution in [3.63, 3.8) is 0 Å². The van der Waals surface area contributed by atoms with Gasteiger partial charge in [-0.1, -0.05) is 18.2 Å². The average Bonchev–Trinajstić information content (AvgIpc) is 2.79. The van der Waals surface area contributed by atoms with Crippen LogP contribution in [0.2, 0.25) is 0 Å². The lowest BCUT2D eigenvalue weighted by atomic mass is 10.2. The summed E-state index contributed by atoms with van der Waals surface area (Å²) >= 11 is 0. The molecule has 6 nitrogen and oxygen atoms in total. The van der Waals surface area contributed by atoms with Gasteiger partial charge in [0.25, 0.3) is 5.91 Å². The van der Waals surface area contributed by atoms with Crippen molar-refractivity contribution in [2.45, 2.75) is 0 Å². The number of rotatable bonds is 3. The van der Waals surface area contributed by atoms with Crippen LogP contribution in [0.5, 0.6) is 0 Å². The Labute approximate surface area is 97.0 Å². The average molecular weight is 233 g/mol. The Morgan fingerprint density at radius 1 is 1.41 bits per heavy atom. The summed E-state index contributed by atoms with van der Waals surface area (Å²) < 4.78 is 4.81. The molecule has 0 fully saturated rings. The molecule has 0 saturated heterocycles. The van der Waals surface area contributed by atoms with E-state index in [0.717, 1.165) is 5.52 Å². The number of nitrogens with one attached hydrogen (secondary N) is 2. The lowest BCUT2D eigenvalue weighted by Crippen LogP contribution is -2.25. The number of carbonyl (C=O) groups is 2. The third kappa shape index (κ3) is 2.25. The van der Waals surface area contributed by atoms with E-state index in [1.807, 2.05) is 6.07 Å². The van der Waals surface area contributed by atoms with E-state index < -0.39 is 5.97 Å². The van der Waals surface area contributed by atoms with Crippen LogP contribution in [-0.2, 0) is 9.53 Å². The topological polar surface area (TPSA) is 84.1 Å². The van der Waals surface area contributed by atoms with Crippen LogP contribution in [0.4, 0.5) is 0 Å². The van der Waals surface area contributed by atoms with E-state index in [0.29, 0.717) is 5.39 Å². The standard InChI is InChI=1S/C11H11N3O3/c1-12-9(15)6-17-11(16)10-7-4-2-3-5-8(7)13-14-10/h2-5H,6H2,1H3,(H,12,15)(H,13,14). The van der Waals surface area contributed by atoms with Crippen molar-refractivity contribution in [1.82, 2.24) is 15.5 Å². The number of benzene rings is 1. The SMILES string of the molecule is CNC(=O)COC(=O)c1n[nH]c2ccccc12. The Balaban J connectivity index is 2.17. The highest BCUT2D eigenvalue weighted by atomic mass is 16.5. The lowest BCUT2D eigenvalue weighted by molar-refractivity contribution is -0.123. The first-order chi connectivity index (χ1) is 8.22. The van der Waals surface area contributed by atoms with E-state index in [-0.39, 0.29) is 18.2 Å². The minimum atomic E-state index is -0.619. The minimum Gasteiger partial charge on any atom is -0.451 e. The molecule has 1 heterocycles. The Hall–Kier alpha value is -2.37. The monoisotopic (exact) mass is 233 g/mol. The summed E-state index contributed by atoms with van der Waals surface area (Å²) in [5.74, 6) is -0.982. The summed E-state index contributed by atoms with van der Waals surface area (Å²) in [6.07, 6.45) is 0. The van der Waals surface area contributed by atoms with Crippen LogP contribution in [-0.4, -0.2) is 35.7 Å². The second-order valence-electron chi connectivity index (χ2n) is 3.37. The zero-order valence-electron chi connectivity index (χ0n) is 9.19. The number of likely N-dealkylation sites (N-methyl/N-ethyl adjacent to an activating group) is 1. The predicted octanol–water partition coefficient (Wildman–Crippen LogP) is 0.466. The summed E-state index contributed by atoms with van der Waals surface area (Å²) in [4.78, 5) is 22.6. The van der Waals surface area contributed by atoms with Gasteiger partial charge < -0.3 is 10.1 Å². The normalized spacial score (nSPS) is 10.2. The van der Waals surface area contributed by atoms with Gasteiger partial charge in [-0.3, -0.25) is 9.89 Å². The largest absolute Gasteiger partial charge is 0.451 e. The van der Waals surface area contributed by atoms with Crippen molar-refractivity contribution in [3.8, 4) is 0 Å². The molecule has 0 saturated carbocycles. The number of aromatic nitrogens is 2. The van der Waals surface area contributed by atoms with E-state index >= 15 is 0 Å². The number of H-pyrrole nitrogens is 1. The van der Waals surface area contributed by atoms with Gasteiger partial charge in [-0.2, -0.15) is 5.10 Å². The summed E-state index contributed by atoms with van der Waals surface area (Å²) in [6, 6.07) is 7.20. The molecule has 2 aromatic rings. The molecule has 0 spiro atoms. The highest BCUT2D eigenvalue weighted by Crippen LogP contribution is 2.15. The number of nitrogens with zero attached hydrogens (tertiary/aromatic N) is 1. The molecule has 0 bridgehead atoms. The number of ether oxygens (including phenoxy) is 1. The molecule has 0 radical (unpaired) electrons. The van der Waals surface area contributed by atoms with Crippen LogP contribution < -0.4 is 5.32 Å². The van der Waals surface area contributed by atoms with Gasteiger partial charge in [0.15, 0.2) is 12.3 Å². The third-order valence-electron chi connectivity index (χ3n) is 2.28. The second-order valence-corrected chi connectivity index (χ2v) is 3.37. The number of aromatic amines is 1. The fourth-order valence-electron chi connectivity index (χ4n) is 1.39. The van der Waals surface area contributed by atoms with Gasteiger partial charge in [0.2, 0.25) is 0 Å². The maximum Gasteiger partial charge on any atom is 0.359 e. The molecular formula is C11H11N3O3. The minimum absolute atomic E-state index is 0.185. The molecule has 0 aliphatic heterocycles. The smallest absolute Gasteiger partial charge is 0.359 e. The van der Waals surface area contributed by atoms with Crippen molar-refractivity contribution in [1.29, 1.82) is 0 Å². The van der Waals surface area contributed by atoms with Crippen molar-refractivity contribution in [2.24, 2.45) is 0 Å². The fraction of sp³-hybridized carbons (Fsp3) is 0.182. The lowest BCUT2D eigenvalue weighted by Gasteiger charge is -2.01. The number of hydrogen-bond donors (Lipinski definition) is 2. The van der Waals surface area contributed by atoms with Crippen LogP contribution in [0.3, 0.4) is 0 Å². The van der Waals surface area contributed by atoms with Gasteiger partial charge in [-0.05, 0) is 6.07 Å². The van der Waals surface area contributed by atoms with Crippen molar-refractivity contribution >= 4 is 22.8 Å². The van der Waals surface area contributed by atoms with Crippen molar-refractivity contribution in [3.05, 3.63) is 30.0 Å². The molecule has 0 unspecified atom stereocenters. The number of fused-ring (bicyclic) bond motifs is 1. The molecule has 1 aromatic carbocycles. The van der Waals surface area contributed by atoms with Crippen LogP contribution in [0, 0.1) is 0 Å². The second kappa shape index (κ2) is 4.65. The van der Waals surface area contributed by atoms with Crippen LogP contribution >= 0.6 is 0 Å². The van der Waals surface area contributed by atoms with Gasteiger partial charge in [0, 0.05) is 12.4 Å². The fourth-order valence-corrected chi connectivity index (χ4v) is 1.39. The van der Waals surface area contributed by atoms with Crippen LogP contribution in [0.25, 0.3) is 10.9 Å².